The molecule has 0 atom stereocenters. The van der Waals surface area contributed by atoms with Crippen LogP contribution in [0.5, 0.6) is 0 Å². The molecule has 10 heteroatoms. The van der Waals surface area contributed by atoms with Crippen LogP contribution >= 0.6 is 12.4 Å². The Morgan fingerprint density at radius 1 is 1.11 bits per heavy atom. The van der Waals surface area contributed by atoms with E-state index in [-0.39, 0.29) is 49.5 Å². The minimum atomic E-state index is -3.70. The summed E-state index contributed by atoms with van der Waals surface area (Å²) in [7, 11) is -0.680. The number of halogens is 1. The summed E-state index contributed by atoms with van der Waals surface area (Å²) in [6.45, 7) is 4.91. The second kappa shape index (κ2) is 11.6. The molecule has 8 nitrogen and oxygen atoms in total. The number of sulfonamides is 1. The Morgan fingerprint density at radius 2 is 1.59 bits per heavy atom. The first kappa shape index (κ1) is 25.8. The first-order valence-electron chi connectivity index (χ1n) is 8.27. The van der Waals surface area contributed by atoms with Gasteiger partial charge in [-0.25, -0.2) is 8.42 Å². The number of methoxy groups -OCH3 is 2. The average molecular weight is 424 g/mol. The van der Waals surface area contributed by atoms with E-state index in [1.165, 1.54) is 42.8 Å². The summed E-state index contributed by atoms with van der Waals surface area (Å²) in [4.78, 5) is 12.2. The Morgan fingerprint density at radius 3 is 2.00 bits per heavy atom. The number of ether oxygens (including phenoxy) is 2. The predicted molar refractivity (Wildman–Crippen MR) is 107 cm³/mol. The van der Waals surface area contributed by atoms with Gasteiger partial charge < -0.3 is 20.5 Å². The fourth-order valence-electron chi connectivity index (χ4n) is 2.08. The zero-order valence-electron chi connectivity index (χ0n) is 16.2. The van der Waals surface area contributed by atoms with E-state index < -0.39 is 15.6 Å². The minimum absolute atomic E-state index is 0. The molecule has 0 aliphatic rings. The Labute approximate surface area is 167 Å². The van der Waals surface area contributed by atoms with Crippen LogP contribution in [-0.4, -0.2) is 71.2 Å². The summed E-state index contributed by atoms with van der Waals surface area (Å²) in [5.74, 6) is -0.303. The van der Waals surface area contributed by atoms with Gasteiger partial charge in [-0.05, 0) is 38.1 Å². The molecule has 27 heavy (non-hydrogen) atoms. The topological polar surface area (TPSA) is 111 Å². The third-order valence-corrected chi connectivity index (χ3v) is 5.46. The van der Waals surface area contributed by atoms with Gasteiger partial charge in [-0.1, -0.05) is 0 Å². The molecule has 0 unspecified atom stereocenters. The molecule has 0 heterocycles. The molecule has 0 fully saturated rings. The lowest BCUT2D eigenvalue weighted by molar-refractivity contribution is 0.0946. The van der Waals surface area contributed by atoms with Crippen LogP contribution in [0.2, 0.25) is 0 Å². The maximum absolute atomic E-state index is 12.8. The summed E-state index contributed by atoms with van der Waals surface area (Å²) in [6, 6.07) is 5.81. The Bertz CT molecular complexity index is 667. The van der Waals surface area contributed by atoms with Crippen LogP contribution in [0.15, 0.2) is 29.2 Å². The van der Waals surface area contributed by atoms with E-state index in [9.17, 15) is 13.2 Å². The molecule has 1 aromatic rings. The quantitative estimate of drug-likeness (QED) is 0.546. The summed E-state index contributed by atoms with van der Waals surface area (Å²) >= 11 is 0. The van der Waals surface area contributed by atoms with E-state index >= 15 is 0 Å². The molecule has 3 N–H and O–H groups in total. The largest absolute Gasteiger partial charge is 0.383 e. The molecule has 0 spiro atoms. The van der Waals surface area contributed by atoms with Gasteiger partial charge in [-0.3, -0.25) is 4.79 Å². The SMILES string of the molecule is COCCN(CCOC)S(=O)(=O)c1ccc(C(=O)NCC(C)(C)N)cc1.Cl. The molecule has 0 bridgehead atoms. The van der Waals surface area contributed by atoms with E-state index in [0.29, 0.717) is 12.1 Å². The molecule has 0 saturated heterocycles. The fraction of sp³-hybridized carbons (Fsp3) is 0.588. The van der Waals surface area contributed by atoms with Crippen molar-refractivity contribution in [1.29, 1.82) is 0 Å². The van der Waals surface area contributed by atoms with Gasteiger partial charge in [0.2, 0.25) is 10.0 Å². The number of amides is 1. The van der Waals surface area contributed by atoms with Gasteiger partial charge in [0.05, 0.1) is 18.1 Å². The summed E-state index contributed by atoms with van der Waals surface area (Å²) < 4.78 is 36.8. The maximum Gasteiger partial charge on any atom is 0.251 e. The number of nitrogens with zero attached hydrogens (tertiary/aromatic N) is 1. The second-order valence-electron chi connectivity index (χ2n) is 6.59. The third-order valence-electron chi connectivity index (χ3n) is 3.55. The summed E-state index contributed by atoms with van der Waals surface area (Å²) in [5, 5.41) is 2.72. The van der Waals surface area contributed by atoms with E-state index in [0.717, 1.165) is 0 Å². The van der Waals surface area contributed by atoms with Crippen molar-refractivity contribution in [3.63, 3.8) is 0 Å². The van der Waals surface area contributed by atoms with Gasteiger partial charge in [0.1, 0.15) is 0 Å². The Balaban J connectivity index is 0.00000676. The predicted octanol–water partition coefficient (Wildman–Crippen LogP) is 0.859. The van der Waals surface area contributed by atoms with Crippen molar-refractivity contribution in [1.82, 2.24) is 9.62 Å². The molecule has 0 aromatic heterocycles. The van der Waals surface area contributed by atoms with Crippen molar-refractivity contribution in [3.05, 3.63) is 29.8 Å². The van der Waals surface area contributed by atoms with Crippen molar-refractivity contribution in [2.75, 3.05) is 47.1 Å². The zero-order valence-corrected chi connectivity index (χ0v) is 17.9. The number of hydrogen-bond acceptors (Lipinski definition) is 6. The van der Waals surface area contributed by atoms with Gasteiger partial charge in [0.25, 0.3) is 5.91 Å². The number of carbonyl (C=O) groups excluding carboxylic acids is 1. The fourth-order valence-corrected chi connectivity index (χ4v) is 3.48. The highest BCUT2D eigenvalue weighted by molar-refractivity contribution is 7.89. The summed E-state index contributed by atoms with van der Waals surface area (Å²) in [5.41, 5.74) is 5.68. The van der Waals surface area contributed by atoms with Crippen LogP contribution in [0.4, 0.5) is 0 Å². The van der Waals surface area contributed by atoms with Crippen LogP contribution < -0.4 is 11.1 Å². The summed E-state index contributed by atoms with van der Waals surface area (Å²) in [6.07, 6.45) is 0. The van der Waals surface area contributed by atoms with Crippen LogP contribution in [0.3, 0.4) is 0 Å². The number of rotatable bonds is 11. The first-order valence-corrected chi connectivity index (χ1v) is 9.71. The lowest BCUT2D eigenvalue weighted by Crippen LogP contribution is -2.45. The highest BCUT2D eigenvalue weighted by Crippen LogP contribution is 2.16. The van der Waals surface area contributed by atoms with Crippen molar-refractivity contribution < 1.29 is 22.7 Å². The molecular weight excluding hydrogens is 394 g/mol. The number of nitrogens with one attached hydrogen (secondary N) is 1. The van der Waals surface area contributed by atoms with Crippen molar-refractivity contribution in [2.45, 2.75) is 24.3 Å². The number of hydrogen-bond donors (Lipinski definition) is 2. The van der Waals surface area contributed by atoms with Gasteiger partial charge in [-0.15, -0.1) is 12.4 Å². The second-order valence-corrected chi connectivity index (χ2v) is 8.52. The molecule has 1 amide bonds. The van der Waals surface area contributed by atoms with E-state index in [2.05, 4.69) is 5.32 Å². The molecule has 156 valence electrons. The molecule has 0 saturated carbocycles. The maximum atomic E-state index is 12.8. The molecule has 0 aliphatic heterocycles. The highest BCUT2D eigenvalue weighted by atomic mass is 35.5. The van der Waals surface area contributed by atoms with E-state index in [4.69, 9.17) is 15.2 Å². The molecule has 0 radical (unpaired) electrons. The van der Waals surface area contributed by atoms with Gasteiger partial charge in [0, 0.05) is 45.0 Å². The van der Waals surface area contributed by atoms with Gasteiger partial charge in [0.15, 0.2) is 0 Å². The van der Waals surface area contributed by atoms with E-state index in [1.54, 1.807) is 13.8 Å². The van der Waals surface area contributed by atoms with Crippen LogP contribution in [0, 0.1) is 0 Å². The van der Waals surface area contributed by atoms with Gasteiger partial charge >= 0.3 is 0 Å². The molecular formula is C17H30ClN3O5S. The lowest BCUT2D eigenvalue weighted by atomic mass is 10.1. The minimum Gasteiger partial charge on any atom is -0.383 e. The smallest absolute Gasteiger partial charge is 0.251 e. The standard InChI is InChI=1S/C17H29N3O5S.ClH/c1-17(2,18)13-19-16(21)14-5-7-15(8-6-14)26(22,23)20(9-11-24-3)10-12-25-4;/h5-8H,9-13,18H2,1-4H3,(H,19,21);1H. The monoisotopic (exact) mass is 423 g/mol. The Kier molecular flexibility index (Phi) is 11.0. The lowest BCUT2D eigenvalue weighted by Gasteiger charge is -2.22. The highest BCUT2D eigenvalue weighted by Gasteiger charge is 2.24. The Hall–Kier alpha value is -1.23. The number of nitrogens with two attached hydrogens (primary N) is 1. The molecule has 0 aliphatic carbocycles. The van der Waals surface area contributed by atoms with Gasteiger partial charge in [-0.2, -0.15) is 4.31 Å². The van der Waals surface area contributed by atoms with Crippen molar-refractivity contribution in [2.24, 2.45) is 5.73 Å². The number of benzene rings is 1. The normalized spacial score (nSPS) is 11.9. The average Bonchev–Trinajstić information content (AvgIpc) is 2.59. The van der Waals surface area contributed by atoms with Crippen molar-refractivity contribution in [3.8, 4) is 0 Å². The van der Waals surface area contributed by atoms with Crippen LogP contribution in [0.25, 0.3) is 0 Å². The number of carbonyl (C=O) groups is 1. The van der Waals surface area contributed by atoms with Crippen molar-refractivity contribution >= 4 is 28.3 Å². The van der Waals surface area contributed by atoms with Crippen LogP contribution in [-0.2, 0) is 19.5 Å². The molecule has 1 rings (SSSR count). The molecule has 1 aromatic carbocycles. The zero-order chi connectivity index (χ0) is 19.8. The first-order chi connectivity index (χ1) is 12.1. The van der Waals surface area contributed by atoms with Crippen LogP contribution in [0.1, 0.15) is 24.2 Å². The van der Waals surface area contributed by atoms with E-state index in [1.807, 2.05) is 0 Å². The third kappa shape index (κ3) is 8.54.